The van der Waals surface area contributed by atoms with Crippen LogP contribution in [-0.4, -0.2) is 11.6 Å². The molecule has 0 heterocycles. The van der Waals surface area contributed by atoms with Crippen molar-refractivity contribution in [3.8, 4) is 0 Å². The minimum Gasteiger partial charge on any atom is -0.299 e. The molecule has 0 aromatic heterocycles. The predicted octanol–water partition coefficient (Wildman–Crippen LogP) is 3.05. The van der Waals surface area contributed by atoms with Crippen molar-refractivity contribution < 1.29 is 9.59 Å². The van der Waals surface area contributed by atoms with E-state index in [-0.39, 0.29) is 23.9 Å². The van der Waals surface area contributed by atoms with Crippen LogP contribution in [0.5, 0.6) is 0 Å². The monoisotopic (exact) mass is 236 g/mol. The van der Waals surface area contributed by atoms with Crippen LogP contribution >= 0.6 is 11.6 Å². The highest BCUT2D eigenvalue weighted by molar-refractivity contribution is 6.31. The third kappa shape index (κ3) is 2.33. The highest BCUT2D eigenvalue weighted by atomic mass is 35.5. The highest BCUT2D eigenvalue weighted by Gasteiger charge is 2.26. The number of ketones is 2. The first-order valence-electron chi connectivity index (χ1n) is 5.35. The van der Waals surface area contributed by atoms with E-state index in [1.807, 2.05) is 25.1 Å². The summed E-state index contributed by atoms with van der Waals surface area (Å²) in [5.41, 5.74) is 2.01. The predicted molar refractivity (Wildman–Crippen MR) is 62.8 cm³/mol. The van der Waals surface area contributed by atoms with Crippen molar-refractivity contribution in [2.75, 3.05) is 0 Å². The molecule has 1 aliphatic rings. The van der Waals surface area contributed by atoms with E-state index in [1.165, 1.54) is 0 Å². The van der Waals surface area contributed by atoms with Gasteiger partial charge in [0.2, 0.25) is 0 Å². The fourth-order valence-corrected chi connectivity index (χ4v) is 2.27. The van der Waals surface area contributed by atoms with E-state index in [4.69, 9.17) is 11.6 Å². The van der Waals surface area contributed by atoms with Gasteiger partial charge in [0.15, 0.2) is 0 Å². The van der Waals surface area contributed by atoms with Crippen molar-refractivity contribution in [3.63, 3.8) is 0 Å². The topological polar surface area (TPSA) is 34.1 Å². The van der Waals surface area contributed by atoms with Crippen LogP contribution in [0.3, 0.4) is 0 Å². The molecule has 2 rings (SSSR count). The lowest BCUT2D eigenvalue weighted by atomic mass is 9.82. The number of halogens is 1. The number of carbonyl (C=O) groups excluding carboxylic acids is 2. The lowest BCUT2D eigenvalue weighted by molar-refractivity contribution is -0.130. The van der Waals surface area contributed by atoms with Gasteiger partial charge in [-0.15, -0.1) is 0 Å². The Labute approximate surface area is 99.6 Å². The third-order valence-corrected chi connectivity index (χ3v) is 3.42. The summed E-state index contributed by atoms with van der Waals surface area (Å²) in [4.78, 5) is 22.7. The van der Waals surface area contributed by atoms with Crippen LogP contribution in [0.2, 0.25) is 5.02 Å². The Balaban J connectivity index is 2.26. The van der Waals surface area contributed by atoms with Crippen LogP contribution in [0.1, 0.15) is 36.3 Å². The first-order valence-corrected chi connectivity index (χ1v) is 5.73. The number of aryl methyl sites for hydroxylation is 1. The van der Waals surface area contributed by atoms with Crippen molar-refractivity contribution in [3.05, 3.63) is 34.3 Å². The zero-order valence-corrected chi connectivity index (χ0v) is 9.88. The summed E-state index contributed by atoms with van der Waals surface area (Å²) in [7, 11) is 0. The van der Waals surface area contributed by atoms with Crippen LogP contribution < -0.4 is 0 Å². The quantitative estimate of drug-likeness (QED) is 0.703. The summed E-state index contributed by atoms with van der Waals surface area (Å²) in [6, 6.07) is 5.76. The molecule has 0 bridgehead atoms. The number of hydrogen-bond acceptors (Lipinski definition) is 2. The van der Waals surface area contributed by atoms with Crippen LogP contribution in [0.25, 0.3) is 0 Å². The standard InChI is InChI=1S/C13H13ClO2/c1-8-2-3-9(6-13(8)14)10-4-11(15)7-12(16)5-10/h2-3,6,10H,4-5,7H2,1H3. The second kappa shape index (κ2) is 4.38. The maximum atomic E-state index is 11.4. The first kappa shape index (κ1) is 11.3. The smallest absolute Gasteiger partial charge is 0.140 e. The van der Waals surface area contributed by atoms with E-state index < -0.39 is 0 Å². The summed E-state index contributed by atoms with van der Waals surface area (Å²) >= 11 is 6.04. The van der Waals surface area contributed by atoms with Crippen LogP contribution in [0, 0.1) is 6.92 Å². The molecule has 1 saturated carbocycles. The van der Waals surface area contributed by atoms with E-state index >= 15 is 0 Å². The minimum atomic E-state index is 0.0202. The van der Waals surface area contributed by atoms with Crippen molar-refractivity contribution in [2.45, 2.75) is 32.1 Å². The molecule has 1 fully saturated rings. The van der Waals surface area contributed by atoms with Gasteiger partial charge in [-0.2, -0.15) is 0 Å². The molecule has 1 aromatic rings. The normalized spacial score (nSPS) is 17.9. The van der Waals surface area contributed by atoms with Gasteiger partial charge in [0.25, 0.3) is 0 Å². The van der Waals surface area contributed by atoms with Crippen LogP contribution in [-0.2, 0) is 9.59 Å². The maximum absolute atomic E-state index is 11.4. The number of carbonyl (C=O) groups is 2. The van der Waals surface area contributed by atoms with Gasteiger partial charge < -0.3 is 0 Å². The molecule has 0 spiro atoms. The van der Waals surface area contributed by atoms with Crippen LogP contribution in [0.4, 0.5) is 0 Å². The van der Waals surface area contributed by atoms with E-state index in [0.29, 0.717) is 17.9 Å². The molecule has 84 valence electrons. The van der Waals surface area contributed by atoms with Gasteiger partial charge >= 0.3 is 0 Å². The molecular weight excluding hydrogens is 224 g/mol. The molecule has 0 N–H and O–H groups in total. The zero-order valence-electron chi connectivity index (χ0n) is 9.13. The van der Waals surface area contributed by atoms with Gasteiger partial charge in [0.1, 0.15) is 11.6 Å². The average molecular weight is 237 g/mol. The van der Waals surface area contributed by atoms with E-state index in [1.54, 1.807) is 0 Å². The van der Waals surface area contributed by atoms with Gasteiger partial charge in [0.05, 0.1) is 6.42 Å². The molecule has 0 aliphatic heterocycles. The molecule has 3 heteroatoms. The highest BCUT2D eigenvalue weighted by Crippen LogP contribution is 2.31. The number of Topliss-reactive ketones (excluding diaryl/α,β-unsaturated/α-hetero) is 2. The van der Waals surface area contributed by atoms with Crippen molar-refractivity contribution in [1.82, 2.24) is 0 Å². The SMILES string of the molecule is Cc1ccc(C2CC(=O)CC(=O)C2)cc1Cl. The Bertz CT molecular complexity index is 435. The van der Waals surface area contributed by atoms with Crippen molar-refractivity contribution in [2.24, 2.45) is 0 Å². The number of hydrogen-bond donors (Lipinski definition) is 0. The van der Waals surface area contributed by atoms with Gasteiger partial charge in [-0.25, -0.2) is 0 Å². The molecule has 0 amide bonds. The fourth-order valence-electron chi connectivity index (χ4n) is 2.08. The fraction of sp³-hybridized carbons (Fsp3) is 0.385. The Kier molecular flexibility index (Phi) is 3.10. The van der Waals surface area contributed by atoms with Crippen molar-refractivity contribution in [1.29, 1.82) is 0 Å². The van der Waals surface area contributed by atoms with E-state index in [0.717, 1.165) is 11.1 Å². The second-order valence-corrected chi connectivity index (χ2v) is 4.78. The zero-order chi connectivity index (χ0) is 11.7. The summed E-state index contributed by atoms with van der Waals surface area (Å²) in [6.07, 6.45) is 1.03. The van der Waals surface area contributed by atoms with Gasteiger partial charge in [-0.1, -0.05) is 23.7 Å². The largest absolute Gasteiger partial charge is 0.299 e. The lowest BCUT2D eigenvalue weighted by Gasteiger charge is -2.20. The van der Waals surface area contributed by atoms with Gasteiger partial charge in [0, 0.05) is 17.9 Å². The Morgan fingerprint density at radius 2 is 1.81 bits per heavy atom. The maximum Gasteiger partial charge on any atom is 0.140 e. The lowest BCUT2D eigenvalue weighted by Crippen LogP contribution is -2.21. The summed E-state index contributed by atoms with van der Waals surface area (Å²) in [5, 5.41) is 0.697. The molecule has 0 atom stereocenters. The number of benzene rings is 1. The van der Waals surface area contributed by atoms with Gasteiger partial charge in [-0.05, 0) is 30.0 Å². The molecule has 1 aliphatic carbocycles. The van der Waals surface area contributed by atoms with Crippen LogP contribution in [0.15, 0.2) is 18.2 Å². The molecule has 1 aromatic carbocycles. The molecule has 0 saturated heterocycles. The van der Waals surface area contributed by atoms with E-state index in [2.05, 4.69) is 0 Å². The van der Waals surface area contributed by atoms with Gasteiger partial charge in [-0.3, -0.25) is 9.59 Å². The summed E-state index contributed by atoms with van der Waals surface area (Å²) < 4.78 is 0. The summed E-state index contributed by atoms with van der Waals surface area (Å²) in [5.74, 6) is 0.0998. The molecule has 0 unspecified atom stereocenters. The first-order chi connectivity index (χ1) is 7.56. The molecule has 2 nitrogen and oxygen atoms in total. The summed E-state index contributed by atoms with van der Waals surface area (Å²) in [6.45, 7) is 1.93. The average Bonchev–Trinajstić information content (AvgIpc) is 2.20. The Hall–Kier alpha value is -1.15. The minimum absolute atomic E-state index is 0.0202. The van der Waals surface area contributed by atoms with Crippen molar-refractivity contribution >= 4 is 23.2 Å². The third-order valence-electron chi connectivity index (χ3n) is 3.01. The molecule has 0 radical (unpaired) electrons. The molecular formula is C13H13ClO2. The Morgan fingerprint density at radius 3 is 2.38 bits per heavy atom. The number of rotatable bonds is 1. The second-order valence-electron chi connectivity index (χ2n) is 4.37. The Morgan fingerprint density at radius 1 is 1.19 bits per heavy atom. The molecule has 16 heavy (non-hydrogen) atoms. The van der Waals surface area contributed by atoms with E-state index in [9.17, 15) is 9.59 Å².